The van der Waals surface area contributed by atoms with E-state index in [-0.39, 0.29) is 0 Å². The Morgan fingerprint density at radius 1 is 0.913 bits per heavy atom. The van der Waals surface area contributed by atoms with Crippen LogP contribution in [0.1, 0.15) is 31.4 Å². The van der Waals surface area contributed by atoms with E-state index in [0.29, 0.717) is 12.1 Å². The first-order valence-electron chi connectivity index (χ1n) is 8.42. The smallest absolute Gasteiger partial charge is 0.132 e. The van der Waals surface area contributed by atoms with Crippen LogP contribution < -0.4 is 4.90 Å². The summed E-state index contributed by atoms with van der Waals surface area (Å²) in [4.78, 5) is 21.9. The van der Waals surface area contributed by atoms with Crippen LogP contribution in [0.2, 0.25) is 0 Å². The summed E-state index contributed by atoms with van der Waals surface area (Å²) < 4.78 is 0. The second-order valence-electron chi connectivity index (χ2n) is 6.41. The minimum absolute atomic E-state index is 0.596. The lowest BCUT2D eigenvalue weighted by Crippen LogP contribution is -2.46. The maximum atomic E-state index is 4.49. The summed E-state index contributed by atoms with van der Waals surface area (Å²) in [6, 6.07) is 5.33. The Labute approximate surface area is 136 Å². The Morgan fingerprint density at radius 3 is 2.22 bits per heavy atom. The van der Waals surface area contributed by atoms with Crippen LogP contribution in [-0.2, 0) is 6.54 Å². The average Bonchev–Trinajstić information content (AvgIpc) is 3.44. The van der Waals surface area contributed by atoms with Crippen molar-refractivity contribution in [1.29, 1.82) is 0 Å². The first-order valence-corrected chi connectivity index (χ1v) is 8.42. The van der Waals surface area contributed by atoms with Gasteiger partial charge >= 0.3 is 0 Å². The maximum Gasteiger partial charge on any atom is 0.132 e. The standard InChI is InChI=1S/C17H22N6/c1-2-15(1)23(17-4-8-19-13-21-17)16-5-9-22(10-6-16)11-14-3-7-18-12-20-14/h3-4,7-8,12-13,15-16H,1-2,5-6,9-11H2. The molecule has 0 radical (unpaired) electrons. The second-order valence-corrected chi connectivity index (χ2v) is 6.41. The van der Waals surface area contributed by atoms with Gasteiger partial charge in [-0.2, -0.15) is 0 Å². The summed E-state index contributed by atoms with van der Waals surface area (Å²) in [5.74, 6) is 1.09. The third-order valence-corrected chi connectivity index (χ3v) is 4.75. The Morgan fingerprint density at radius 2 is 1.61 bits per heavy atom. The van der Waals surface area contributed by atoms with Crippen LogP contribution in [0.5, 0.6) is 0 Å². The summed E-state index contributed by atoms with van der Waals surface area (Å²) in [6.45, 7) is 3.15. The van der Waals surface area contributed by atoms with Crippen molar-refractivity contribution >= 4 is 5.82 Å². The lowest BCUT2D eigenvalue weighted by molar-refractivity contribution is 0.198. The van der Waals surface area contributed by atoms with Crippen LogP contribution in [0.4, 0.5) is 5.82 Å². The zero-order valence-electron chi connectivity index (χ0n) is 13.3. The highest BCUT2D eigenvalue weighted by Gasteiger charge is 2.36. The third kappa shape index (κ3) is 3.47. The summed E-state index contributed by atoms with van der Waals surface area (Å²) in [7, 11) is 0. The van der Waals surface area contributed by atoms with Crippen molar-refractivity contribution in [2.75, 3.05) is 18.0 Å². The van der Waals surface area contributed by atoms with Crippen LogP contribution in [0.25, 0.3) is 0 Å². The van der Waals surface area contributed by atoms with E-state index in [2.05, 4.69) is 29.7 Å². The van der Waals surface area contributed by atoms with Gasteiger partial charge in [-0.25, -0.2) is 19.9 Å². The molecule has 6 nitrogen and oxygen atoms in total. The summed E-state index contributed by atoms with van der Waals surface area (Å²) >= 11 is 0. The Balaban J connectivity index is 1.38. The van der Waals surface area contributed by atoms with Crippen molar-refractivity contribution in [1.82, 2.24) is 24.8 Å². The van der Waals surface area contributed by atoms with Gasteiger partial charge in [0, 0.05) is 44.1 Å². The normalized spacial score (nSPS) is 19.7. The molecule has 0 amide bonds. The number of rotatable bonds is 5. The minimum atomic E-state index is 0.596. The molecule has 0 aromatic carbocycles. The number of likely N-dealkylation sites (tertiary alicyclic amines) is 1. The van der Waals surface area contributed by atoms with Crippen LogP contribution in [-0.4, -0.2) is 50.0 Å². The highest BCUT2D eigenvalue weighted by Crippen LogP contribution is 2.35. The topological polar surface area (TPSA) is 58.0 Å². The van der Waals surface area contributed by atoms with Crippen molar-refractivity contribution in [3.05, 3.63) is 42.9 Å². The molecule has 2 aromatic rings. The summed E-state index contributed by atoms with van der Waals surface area (Å²) in [5.41, 5.74) is 1.10. The number of hydrogen-bond acceptors (Lipinski definition) is 6. The van der Waals surface area contributed by atoms with Gasteiger partial charge < -0.3 is 4.90 Å². The maximum absolute atomic E-state index is 4.49. The van der Waals surface area contributed by atoms with Crippen molar-refractivity contribution < 1.29 is 0 Å². The van der Waals surface area contributed by atoms with E-state index in [1.807, 2.05) is 24.5 Å². The van der Waals surface area contributed by atoms with Gasteiger partial charge in [0.05, 0.1) is 5.69 Å². The van der Waals surface area contributed by atoms with Crippen LogP contribution in [0.15, 0.2) is 37.2 Å². The molecule has 1 aliphatic heterocycles. The molecule has 4 rings (SSSR count). The number of nitrogens with zero attached hydrogens (tertiary/aromatic N) is 6. The van der Waals surface area contributed by atoms with E-state index >= 15 is 0 Å². The van der Waals surface area contributed by atoms with E-state index in [9.17, 15) is 0 Å². The second kappa shape index (κ2) is 6.58. The van der Waals surface area contributed by atoms with Gasteiger partial charge in [0.1, 0.15) is 18.5 Å². The van der Waals surface area contributed by atoms with Crippen LogP contribution >= 0.6 is 0 Å². The molecule has 3 heterocycles. The molecule has 23 heavy (non-hydrogen) atoms. The number of anilines is 1. The van der Waals surface area contributed by atoms with E-state index in [1.165, 1.54) is 25.7 Å². The number of piperidine rings is 1. The molecule has 1 saturated carbocycles. The monoisotopic (exact) mass is 310 g/mol. The van der Waals surface area contributed by atoms with E-state index in [0.717, 1.165) is 31.1 Å². The fourth-order valence-electron chi connectivity index (χ4n) is 3.46. The molecule has 0 N–H and O–H groups in total. The first kappa shape index (κ1) is 14.5. The van der Waals surface area contributed by atoms with E-state index in [4.69, 9.17) is 0 Å². The Hall–Kier alpha value is -2.08. The van der Waals surface area contributed by atoms with Gasteiger partial charge in [-0.3, -0.25) is 4.90 Å². The molecule has 1 aliphatic carbocycles. The van der Waals surface area contributed by atoms with Gasteiger partial charge in [0.2, 0.25) is 0 Å². The van der Waals surface area contributed by atoms with Crippen molar-refractivity contribution in [3.63, 3.8) is 0 Å². The van der Waals surface area contributed by atoms with Crippen LogP contribution in [0.3, 0.4) is 0 Å². The summed E-state index contributed by atoms with van der Waals surface area (Å²) in [5, 5.41) is 0. The Bertz CT molecular complexity index is 607. The molecule has 1 saturated heterocycles. The highest BCUT2D eigenvalue weighted by molar-refractivity contribution is 5.41. The molecule has 0 unspecified atom stereocenters. The van der Waals surface area contributed by atoms with Gasteiger partial charge in [0.15, 0.2) is 0 Å². The molecule has 2 fully saturated rings. The summed E-state index contributed by atoms with van der Waals surface area (Å²) in [6.07, 6.45) is 11.9. The number of hydrogen-bond donors (Lipinski definition) is 0. The predicted molar refractivity (Wildman–Crippen MR) is 87.9 cm³/mol. The zero-order valence-corrected chi connectivity index (χ0v) is 13.3. The van der Waals surface area contributed by atoms with E-state index < -0.39 is 0 Å². The molecular weight excluding hydrogens is 288 g/mol. The molecule has 2 aliphatic rings. The molecule has 120 valence electrons. The number of aromatic nitrogens is 4. The average molecular weight is 310 g/mol. The lowest BCUT2D eigenvalue weighted by Gasteiger charge is -2.39. The van der Waals surface area contributed by atoms with Crippen molar-refractivity contribution in [2.45, 2.75) is 44.3 Å². The van der Waals surface area contributed by atoms with Crippen molar-refractivity contribution in [2.24, 2.45) is 0 Å². The zero-order chi connectivity index (χ0) is 15.5. The van der Waals surface area contributed by atoms with Gasteiger partial charge in [0.25, 0.3) is 0 Å². The highest BCUT2D eigenvalue weighted by atomic mass is 15.3. The molecule has 0 spiro atoms. The fraction of sp³-hybridized carbons (Fsp3) is 0.529. The quantitative estimate of drug-likeness (QED) is 0.841. The lowest BCUT2D eigenvalue weighted by atomic mass is 10.0. The molecule has 6 heteroatoms. The molecule has 0 bridgehead atoms. The van der Waals surface area contributed by atoms with Gasteiger partial charge in [-0.1, -0.05) is 0 Å². The molecular formula is C17H22N6. The van der Waals surface area contributed by atoms with Gasteiger partial charge in [-0.15, -0.1) is 0 Å². The van der Waals surface area contributed by atoms with Crippen LogP contribution in [0, 0.1) is 0 Å². The largest absolute Gasteiger partial charge is 0.350 e. The predicted octanol–water partition coefficient (Wildman–Crippen LogP) is 1.90. The molecule has 0 atom stereocenters. The van der Waals surface area contributed by atoms with E-state index in [1.54, 1.807) is 12.7 Å². The minimum Gasteiger partial charge on any atom is -0.350 e. The third-order valence-electron chi connectivity index (χ3n) is 4.75. The molecule has 2 aromatic heterocycles. The fourth-order valence-corrected chi connectivity index (χ4v) is 3.46. The first-order chi connectivity index (χ1) is 11.4. The van der Waals surface area contributed by atoms with Crippen molar-refractivity contribution in [3.8, 4) is 0 Å². The van der Waals surface area contributed by atoms with Gasteiger partial charge in [-0.05, 0) is 37.8 Å². The SMILES string of the molecule is c1cc(CN2CCC(N(c3ccncn3)C3CC3)CC2)ncn1. The Kier molecular flexibility index (Phi) is 4.15.